The van der Waals surface area contributed by atoms with E-state index in [0.717, 1.165) is 32.8 Å². The van der Waals surface area contributed by atoms with E-state index in [4.69, 9.17) is 12.6 Å². The third-order valence-corrected chi connectivity index (χ3v) is 10.5. The molecule has 7 heteroatoms. The number of nitrogens with zero attached hydrogens (tertiary/aromatic N) is 1. The van der Waals surface area contributed by atoms with Gasteiger partial charge in [-0.25, -0.2) is 0 Å². The summed E-state index contributed by atoms with van der Waals surface area (Å²) in [7, 11) is -2.35. The van der Waals surface area contributed by atoms with Crippen LogP contribution in [0.25, 0.3) is 0 Å². The third-order valence-electron chi connectivity index (χ3n) is 1.77. The molecule has 0 aromatic carbocycles. The fourth-order valence-corrected chi connectivity index (χ4v) is 7.24. The molecule has 0 aromatic heterocycles. The Morgan fingerprint density at radius 1 is 1.23 bits per heavy atom. The van der Waals surface area contributed by atoms with E-state index in [1.54, 1.807) is 0 Å². The molecule has 0 radical (unpaired) electrons. The summed E-state index contributed by atoms with van der Waals surface area (Å²) >= 11 is 4.65. The van der Waals surface area contributed by atoms with Crippen LogP contribution in [-0.2, 0) is 7.53 Å². The van der Waals surface area contributed by atoms with E-state index < -0.39 is 7.32 Å². The predicted octanol–water partition coefficient (Wildman–Crippen LogP) is 0.633. The van der Waals surface area contributed by atoms with Gasteiger partial charge in [0, 0.05) is 0 Å². The van der Waals surface area contributed by atoms with Crippen LogP contribution < -0.4 is 0 Å². The summed E-state index contributed by atoms with van der Waals surface area (Å²) < 4.78 is 11.3. The van der Waals surface area contributed by atoms with E-state index in [-0.39, 0.29) is 6.61 Å². The molecular formula is C6H13GeI2NO3. The van der Waals surface area contributed by atoms with Crippen molar-refractivity contribution in [2.45, 2.75) is 0 Å². The second kappa shape index (κ2) is 6.43. The molecule has 1 aliphatic heterocycles. The van der Waals surface area contributed by atoms with Crippen molar-refractivity contribution in [3.05, 3.63) is 0 Å². The Kier molecular flexibility index (Phi) is 6.39. The van der Waals surface area contributed by atoms with Gasteiger partial charge in [-0.1, -0.05) is 0 Å². The molecule has 0 bridgehead atoms. The van der Waals surface area contributed by atoms with Crippen LogP contribution in [0.4, 0.5) is 0 Å². The normalized spacial score (nSPS) is 25.2. The van der Waals surface area contributed by atoms with Gasteiger partial charge in [0.15, 0.2) is 0 Å². The number of hydrogen-bond donors (Lipinski definition) is 1. The molecular weight excluding hydrogens is 460 g/mol. The van der Waals surface area contributed by atoms with Crippen LogP contribution in [-0.4, -0.2) is 56.8 Å². The van der Waals surface area contributed by atoms with Crippen molar-refractivity contribution < 1.29 is 12.6 Å². The maximum atomic E-state index is 8.77. The fraction of sp³-hybridized carbons (Fsp3) is 1.00. The van der Waals surface area contributed by atoms with Crippen molar-refractivity contribution >= 4 is 47.8 Å². The summed E-state index contributed by atoms with van der Waals surface area (Å²) in [5.41, 5.74) is 0. The summed E-state index contributed by atoms with van der Waals surface area (Å²) in [6.45, 7) is 4.19. The van der Waals surface area contributed by atoms with Gasteiger partial charge >= 0.3 is 105 Å². The van der Waals surface area contributed by atoms with Crippen molar-refractivity contribution in [1.29, 1.82) is 0 Å². The number of β-amino-alcohol motifs (C(OH)–C–C–N with tert-alkyl or cyclic N) is 1. The molecule has 1 fully saturated rings. The third kappa shape index (κ3) is 5.47. The van der Waals surface area contributed by atoms with E-state index in [9.17, 15) is 0 Å². The minimum absolute atomic E-state index is 0.209. The van der Waals surface area contributed by atoms with Crippen LogP contribution >= 0.6 is 40.4 Å². The van der Waals surface area contributed by atoms with Gasteiger partial charge in [0.2, 0.25) is 0 Å². The van der Waals surface area contributed by atoms with E-state index in [0.29, 0.717) is 0 Å². The Morgan fingerprint density at radius 3 is 2.23 bits per heavy atom. The zero-order valence-corrected chi connectivity index (χ0v) is 13.6. The standard InChI is InChI=1S/C6H13GeI2NO3/c8-7(9)12-5-2-10(1-4-11)3-6-13-7/h11H,1-6H2. The van der Waals surface area contributed by atoms with E-state index >= 15 is 0 Å². The average Bonchev–Trinajstić information content (AvgIpc) is 2.01. The molecule has 0 amide bonds. The van der Waals surface area contributed by atoms with Crippen molar-refractivity contribution in [2.75, 3.05) is 39.5 Å². The monoisotopic (exact) mass is 475 g/mol. The maximum absolute atomic E-state index is 8.77. The summed E-state index contributed by atoms with van der Waals surface area (Å²) in [6, 6.07) is 0. The minimum atomic E-state index is -2.35. The Bertz CT molecular complexity index is 149. The Balaban J connectivity index is 2.30. The molecule has 0 spiro atoms. The molecule has 0 aromatic rings. The number of hydrogen-bond acceptors (Lipinski definition) is 4. The van der Waals surface area contributed by atoms with Gasteiger partial charge < -0.3 is 0 Å². The van der Waals surface area contributed by atoms with Crippen molar-refractivity contribution in [3.63, 3.8) is 0 Å². The quantitative estimate of drug-likeness (QED) is 0.472. The fourth-order valence-electron chi connectivity index (χ4n) is 1.11. The molecule has 0 aliphatic carbocycles. The number of aliphatic hydroxyl groups is 1. The number of aliphatic hydroxyl groups excluding tert-OH is 1. The van der Waals surface area contributed by atoms with E-state index in [1.807, 2.05) is 0 Å². The van der Waals surface area contributed by atoms with E-state index in [2.05, 4.69) is 45.3 Å². The van der Waals surface area contributed by atoms with Crippen LogP contribution in [0, 0.1) is 0 Å². The summed E-state index contributed by atoms with van der Waals surface area (Å²) in [5, 5.41) is 8.77. The molecule has 1 N–H and O–H groups in total. The summed E-state index contributed by atoms with van der Waals surface area (Å²) in [4.78, 5) is 2.16. The molecule has 1 heterocycles. The van der Waals surface area contributed by atoms with E-state index in [1.165, 1.54) is 0 Å². The van der Waals surface area contributed by atoms with Crippen LogP contribution in [0.3, 0.4) is 0 Å². The zero-order chi connectivity index (χ0) is 9.73. The first-order chi connectivity index (χ1) is 6.14. The molecule has 4 nitrogen and oxygen atoms in total. The van der Waals surface area contributed by atoms with Gasteiger partial charge in [0.1, 0.15) is 0 Å². The first-order valence-corrected chi connectivity index (χ1v) is 18.6. The molecule has 1 aliphatic rings. The molecule has 1 rings (SSSR count). The predicted molar refractivity (Wildman–Crippen MR) is 69.2 cm³/mol. The molecule has 0 atom stereocenters. The first kappa shape index (κ1) is 12.9. The van der Waals surface area contributed by atoms with Gasteiger partial charge in [-0.15, -0.1) is 0 Å². The molecule has 1 saturated heterocycles. The zero-order valence-electron chi connectivity index (χ0n) is 7.21. The van der Waals surface area contributed by atoms with Crippen molar-refractivity contribution in [2.24, 2.45) is 0 Å². The van der Waals surface area contributed by atoms with Gasteiger partial charge in [0.25, 0.3) is 0 Å². The van der Waals surface area contributed by atoms with Crippen molar-refractivity contribution in [1.82, 2.24) is 4.90 Å². The van der Waals surface area contributed by atoms with Gasteiger partial charge in [-0.2, -0.15) is 0 Å². The Labute approximate surface area is 104 Å². The topological polar surface area (TPSA) is 41.9 Å². The van der Waals surface area contributed by atoms with Crippen LogP contribution in [0.5, 0.6) is 0 Å². The molecule has 13 heavy (non-hydrogen) atoms. The molecule has 78 valence electrons. The van der Waals surface area contributed by atoms with Crippen molar-refractivity contribution in [3.8, 4) is 0 Å². The molecule has 0 saturated carbocycles. The second-order valence-corrected chi connectivity index (χ2v) is 31.4. The first-order valence-electron chi connectivity index (χ1n) is 4.13. The summed E-state index contributed by atoms with van der Waals surface area (Å²) in [6.07, 6.45) is 0. The summed E-state index contributed by atoms with van der Waals surface area (Å²) in [5.74, 6) is 0. The molecule has 0 unspecified atom stereocenters. The van der Waals surface area contributed by atoms with Crippen LogP contribution in [0.1, 0.15) is 0 Å². The van der Waals surface area contributed by atoms with Crippen LogP contribution in [0.2, 0.25) is 0 Å². The SMILES string of the molecule is OCCN1CC[O][Ge]([I])([I])[O]CC1. The Hall–Kier alpha value is 1.84. The number of halogens is 2. The van der Waals surface area contributed by atoms with Crippen LogP contribution in [0.15, 0.2) is 0 Å². The number of rotatable bonds is 2. The second-order valence-electron chi connectivity index (χ2n) is 2.73. The van der Waals surface area contributed by atoms with Gasteiger partial charge in [-0.3, -0.25) is 0 Å². The Morgan fingerprint density at radius 2 is 1.77 bits per heavy atom. The average molecular weight is 474 g/mol. The van der Waals surface area contributed by atoms with Gasteiger partial charge in [-0.05, 0) is 0 Å². The van der Waals surface area contributed by atoms with Gasteiger partial charge in [0.05, 0.1) is 0 Å².